The number of hydrogen-bond acceptors (Lipinski definition) is 1. The Hall–Kier alpha value is -0.740. The third-order valence-corrected chi connectivity index (χ3v) is 2.55. The smallest absolute Gasteiger partial charge is 0.419 e. The Kier molecular flexibility index (Phi) is 2.30. The molecule has 0 unspecified atom stereocenters. The van der Waals surface area contributed by atoms with Gasteiger partial charge in [-0.1, -0.05) is 0 Å². The van der Waals surface area contributed by atoms with Gasteiger partial charge in [0.25, 0.3) is 10.3 Å². The van der Waals surface area contributed by atoms with Gasteiger partial charge in [0.1, 0.15) is 0 Å². The van der Waals surface area contributed by atoms with Crippen LogP contribution in [0.25, 0.3) is 0 Å². The van der Waals surface area contributed by atoms with Crippen molar-refractivity contribution in [2.75, 3.05) is 0 Å². The first kappa shape index (κ1) is 9.35. The number of carbonyl (C=O) groups is 1. The van der Waals surface area contributed by atoms with E-state index in [1.165, 1.54) is 23.2 Å². The molecule has 0 aliphatic carbocycles. The van der Waals surface area contributed by atoms with Gasteiger partial charge in [0, 0.05) is 0 Å². The maximum Gasteiger partial charge on any atom is 0.419 e. The molecule has 0 saturated heterocycles. The zero-order valence-corrected chi connectivity index (χ0v) is 8.02. The minimum atomic E-state index is -1.06. The molecule has 0 fully saturated rings. The van der Waals surface area contributed by atoms with E-state index in [1.807, 2.05) is 0 Å². The lowest BCUT2D eigenvalue weighted by atomic mass is 10.6. The standard InChI is InChI=1S/C6H6Cl2N2O2/c1-9-3(7)4(8)10(2)5(9)6(11)12/h1-2H3/p+1. The Labute approximate surface area is 78.9 Å². The molecular formula is C6H7Cl2N2O2+. The minimum absolute atomic E-state index is 0.0463. The highest BCUT2D eigenvalue weighted by Crippen LogP contribution is 2.18. The normalized spacial score (nSPS) is 10.3. The summed E-state index contributed by atoms with van der Waals surface area (Å²) in [5.74, 6) is -1.01. The monoisotopic (exact) mass is 209 g/mol. The molecule has 1 heterocycles. The van der Waals surface area contributed by atoms with Gasteiger partial charge in [0.2, 0.25) is 0 Å². The Morgan fingerprint density at radius 2 is 2.08 bits per heavy atom. The fraction of sp³-hybridized carbons (Fsp3) is 0.333. The van der Waals surface area contributed by atoms with Gasteiger partial charge in [-0.3, -0.25) is 0 Å². The van der Waals surface area contributed by atoms with Crippen molar-refractivity contribution >= 4 is 29.2 Å². The SMILES string of the molecule is Cn1c(Cl)c(Cl)[n+](C)c1C(=O)O. The highest BCUT2D eigenvalue weighted by Gasteiger charge is 2.29. The zero-order valence-electron chi connectivity index (χ0n) is 6.51. The van der Waals surface area contributed by atoms with E-state index in [0.29, 0.717) is 0 Å². The lowest BCUT2D eigenvalue weighted by Gasteiger charge is -1.89. The molecule has 1 N–H and O–H groups in total. The average Bonchev–Trinajstić information content (AvgIpc) is 2.16. The van der Waals surface area contributed by atoms with Gasteiger partial charge in [0.15, 0.2) is 0 Å². The first-order chi connectivity index (χ1) is 5.46. The van der Waals surface area contributed by atoms with E-state index in [2.05, 4.69) is 0 Å². The molecule has 0 saturated carbocycles. The van der Waals surface area contributed by atoms with Crippen LogP contribution >= 0.6 is 23.2 Å². The number of rotatable bonds is 1. The van der Waals surface area contributed by atoms with E-state index in [1.54, 1.807) is 0 Å². The van der Waals surface area contributed by atoms with Crippen LogP contribution in [0.15, 0.2) is 0 Å². The molecule has 6 heteroatoms. The highest BCUT2D eigenvalue weighted by atomic mass is 35.5. The minimum Gasteiger partial charge on any atom is -0.472 e. The lowest BCUT2D eigenvalue weighted by Crippen LogP contribution is -2.36. The van der Waals surface area contributed by atoms with E-state index in [-0.39, 0.29) is 16.1 Å². The summed E-state index contributed by atoms with van der Waals surface area (Å²) >= 11 is 11.4. The third kappa shape index (κ3) is 1.17. The second kappa shape index (κ2) is 2.95. The molecule has 0 aromatic carbocycles. The molecule has 0 amide bonds. The van der Waals surface area contributed by atoms with Crippen molar-refractivity contribution in [2.24, 2.45) is 14.1 Å². The molecule has 12 heavy (non-hydrogen) atoms. The molecule has 1 aromatic heterocycles. The number of carboxylic acids is 1. The number of carboxylic acid groups (broad SMARTS) is 1. The van der Waals surface area contributed by atoms with Crippen molar-refractivity contribution < 1.29 is 14.5 Å². The van der Waals surface area contributed by atoms with E-state index in [0.717, 1.165) is 0 Å². The zero-order chi connectivity index (χ0) is 9.46. The van der Waals surface area contributed by atoms with Gasteiger partial charge in [-0.15, -0.1) is 0 Å². The van der Waals surface area contributed by atoms with Crippen molar-refractivity contribution in [1.29, 1.82) is 0 Å². The van der Waals surface area contributed by atoms with Gasteiger partial charge in [0.05, 0.1) is 14.1 Å². The molecule has 66 valence electrons. The third-order valence-electron chi connectivity index (χ3n) is 1.59. The van der Waals surface area contributed by atoms with Gasteiger partial charge in [-0.25, -0.2) is 13.9 Å². The summed E-state index contributed by atoms with van der Waals surface area (Å²) in [6, 6.07) is 0. The summed E-state index contributed by atoms with van der Waals surface area (Å²) in [6.07, 6.45) is 0. The lowest BCUT2D eigenvalue weighted by molar-refractivity contribution is -0.671. The van der Waals surface area contributed by atoms with E-state index in [4.69, 9.17) is 28.3 Å². The van der Waals surface area contributed by atoms with Crippen LogP contribution in [-0.2, 0) is 14.1 Å². The van der Waals surface area contributed by atoms with Crippen LogP contribution in [0.1, 0.15) is 10.6 Å². The number of aromatic carboxylic acids is 1. The van der Waals surface area contributed by atoms with Crippen molar-refractivity contribution in [3.05, 3.63) is 16.1 Å². The first-order valence-electron chi connectivity index (χ1n) is 3.09. The molecule has 0 aliphatic rings. The number of hydrogen-bond donors (Lipinski definition) is 1. The Balaban J connectivity index is 3.48. The average molecular weight is 210 g/mol. The second-order valence-electron chi connectivity index (χ2n) is 2.33. The van der Waals surface area contributed by atoms with Gasteiger partial charge in [-0.2, -0.15) is 0 Å². The summed E-state index contributed by atoms with van der Waals surface area (Å²) in [5.41, 5.74) is 0. The Morgan fingerprint density at radius 3 is 2.25 bits per heavy atom. The fourth-order valence-corrected chi connectivity index (χ4v) is 1.39. The van der Waals surface area contributed by atoms with E-state index in [9.17, 15) is 4.79 Å². The van der Waals surface area contributed by atoms with Crippen LogP contribution < -0.4 is 4.57 Å². The quantitative estimate of drug-likeness (QED) is 0.698. The number of imidazole rings is 1. The molecule has 0 radical (unpaired) electrons. The topological polar surface area (TPSA) is 46.1 Å². The first-order valence-corrected chi connectivity index (χ1v) is 3.85. The van der Waals surface area contributed by atoms with Crippen molar-refractivity contribution in [2.45, 2.75) is 0 Å². The van der Waals surface area contributed by atoms with Crippen molar-refractivity contribution in [3.63, 3.8) is 0 Å². The predicted molar refractivity (Wildman–Crippen MR) is 43.6 cm³/mol. The molecule has 1 aromatic rings. The van der Waals surface area contributed by atoms with Crippen LogP contribution in [0.3, 0.4) is 0 Å². The van der Waals surface area contributed by atoms with Crippen LogP contribution in [0, 0.1) is 0 Å². The summed E-state index contributed by atoms with van der Waals surface area (Å²) in [4.78, 5) is 10.6. The number of halogens is 2. The van der Waals surface area contributed by atoms with Gasteiger partial charge >= 0.3 is 11.8 Å². The molecule has 1 rings (SSSR count). The molecular weight excluding hydrogens is 203 g/mol. The van der Waals surface area contributed by atoms with Gasteiger partial charge < -0.3 is 5.11 Å². The Bertz CT molecular complexity index is 320. The summed E-state index contributed by atoms with van der Waals surface area (Å²) in [6.45, 7) is 0. The van der Waals surface area contributed by atoms with Crippen molar-refractivity contribution in [3.8, 4) is 0 Å². The van der Waals surface area contributed by atoms with E-state index >= 15 is 0 Å². The summed E-state index contributed by atoms with van der Waals surface area (Å²) < 4.78 is 2.62. The summed E-state index contributed by atoms with van der Waals surface area (Å²) in [5, 5.41) is 9.16. The predicted octanol–water partition coefficient (Wildman–Crippen LogP) is 0.855. The molecule has 0 atom stereocenters. The van der Waals surface area contributed by atoms with Crippen LogP contribution in [-0.4, -0.2) is 15.6 Å². The second-order valence-corrected chi connectivity index (χ2v) is 3.04. The van der Waals surface area contributed by atoms with Crippen molar-refractivity contribution in [1.82, 2.24) is 4.57 Å². The highest BCUT2D eigenvalue weighted by molar-refractivity contribution is 6.40. The van der Waals surface area contributed by atoms with E-state index < -0.39 is 5.97 Å². The Morgan fingerprint density at radius 1 is 1.58 bits per heavy atom. The molecule has 4 nitrogen and oxygen atoms in total. The van der Waals surface area contributed by atoms with Gasteiger partial charge in [-0.05, 0) is 23.2 Å². The van der Waals surface area contributed by atoms with Crippen LogP contribution in [0.2, 0.25) is 10.3 Å². The molecule has 0 aliphatic heterocycles. The fourth-order valence-electron chi connectivity index (χ4n) is 0.975. The number of nitrogens with zero attached hydrogens (tertiary/aromatic N) is 2. The largest absolute Gasteiger partial charge is 0.472 e. The van der Waals surface area contributed by atoms with Crippen LogP contribution in [0.5, 0.6) is 0 Å². The number of aromatic nitrogens is 2. The maximum atomic E-state index is 10.6. The maximum absolute atomic E-state index is 10.6. The summed E-state index contributed by atoms with van der Waals surface area (Å²) in [7, 11) is 3.08. The molecule has 0 bridgehead atoms. The molecule has 0 spiro atoms. The van der Waals surface area contributed by atoms with Crippen LogP contribution in [0.4, 0.5) is 0 Å².